The van der Waals surface area contributed by atoms with Gasteiger partial charge in [0.1, 0.15) is 0 Å². The Morgan fingerprint density at radius 3 is 2.89 bits per heavy atom. The lowest BCUT2D eigenvalue weighted by Gasteiger charge is -2.06. The lowest BCUT2D eigenvalue weighted by atomic mass is 9.99. The van der Waals surface area contributed by atoms with E-state index in [1.807, 2.05) is 19.1 Å². The second-order valence-electron chi connectivity index (χ2n) is 5.19. The van der Waals surface area contributed by atoms with Gasteiger partial charge in [0.15, 0.2) is 5.78 Å². The highest BCUT2D eigenvalue weighted by molar-refractivity contribution is 5.98. The van der Waals surface area contributed by atoms with Crippen LogP contribution in [0.15, 0.2) is 36.5 Å². The van der Waals surface area contributed by atoms with Gasteiger partial charge in [-0.2, -0.15) is 0 Å². The Balaban J connectivity index is 1.82. The van der Waals surface area contributed by atoms with Crippen LogP contribution >= 0.6 is 0 Å². The fraction of sp³-hybridized carbons (Fsp3) is 0.294. The normalized spacial score (nSPS) is 13.3. The summed E-state index contributed by atoms with van der Waals surface area (Å²) in [4.78, 5) is 16.5. The van der Waals surface area contributed by atoms with Gasteiger partial charge in [-0.15, -0.1) is 0 Å². The fourth-order valence-electron chi connectivity index (χ4n) is 2.79. The summed E-state index contributed by atoms with van der Waals surface area (Å²) in [5.41, 5.74) is 5.55. The smallest absolute Gasteiger partial charge is 0.169 e. The molecule has 0 fully saturated rings. The molecule has 0 radical (unpaired) electrons. The van der Waals surface area contributed by atoms with Gasteiger partial charge in [0.05, 0.1) is 0 Å². The number of hydrogen-bond acceptors (Lipinski definition) is 2. The molecular formula is C17H17NO. The lowest BCUT2D eigenvalue weighted by molar-refractivity contribution is 0.0992. The zero-order chi connectivity index (χ0) is 13.2. The first-order valence-corrected chi connectivity index (χ1v) is 6.79. The average Bonchev–Trinajstić information content (AvgIpc) is 2.86. The monoisotopic (exact) mass is 251 g/mol. The molecule has 0 unspecified atom stereocenters. The number of benzene rings is 1. The summed E-state index contributed by atoms with van der Waals surface area (Å²) in [5, 5.41) is 0. The highest BCUT2D eigenvalue weighted by Gasteiger charge is 2.14. The quantitative estimate of drug-likeness (QED) is 0.783. The van der Waals surface area contributed by atoms with E-state index < -0.39 is 0 Å². The number of aromatic nitrogens is 1. The highest BCUT2D eigenvalue weighted by Crippen LogP contribution is 2.23. The van der Waals surface area contributed by atoms with Gasteiger partial charge in [-0.25, -0.2) is 0 Å². The Morgan fingerprint density at radius 1 is 1.21 bits per heavy atom. The third kappa shape index (κ3) is 2.43. The molecule has 2 nitrogen and oxygen atoms in total. The van der Waals surface area contributed by atoms with Crippen molar-refractivity contribution in [2.24, 2.45) is 0 Å². The van der Waals surface area contributed by atoms with Crippen LogP contribution in [-0.4, -0.2) is 10.8 Å². The van der Waals surface area contributed by atoms with Gasteiger partial charge in [-0.3, -0.25) is 9.78 Å². The highest BCUT2D eigenvalue weighted by atomic mass is 16.1. The molecule has 3 rings (SSSR count). The molecule has 0 spiro atoms. The molecule has 0 N–H and O–H groups in total. The van der Waals surface area contributed by atoms with E-state index >= 15 is 0 Å². The Labute approximate surface area is 113 Å². The van der Waals surface area contributed by atoms with Crippen LogP contribution in [0.5, 0.6) is 0 Å². The Kier molecular flexibility index (Phi) is 3.16. The number of carbonyl (C=O) groups is 1. The second kappa shape index (κ2) is 4.96. The van der Waals surface area contributed by atoms with E-state index in [2.05, 4.69) is 23.2 Å². The largest absolute Gasteiger partial charge is 0.294 e. The van der Waals surface area contributed by atoms with Crippen molar-refractivity contribution < 1.29 is 4.79 Å². The first-order valence-electron chi connectivity index (χ1n) is 6.79. The van der Waals surface area contributed by atoms with Crippen LogP contribution < -0.4 is 0 Å². The summed E-state index contributed by atoms with van der Waals surface area (Å²) >= 11 is 0. The molecule has 96 valence electrons. The summed E-state index contributed by atoms with van der Waals surface area (Å²) in [7, 11) is 0. The van der Waals surface area contributed by atoms with Crippen molar-refractivity contribution >= 4 is 5.78 Å². The molecule has 0 saturated carbocycles. The fourth-order valence-corrected chi connectivity index (χ4v) is 2.79. The Morgan fingerprint density at radius 2 is 2.05 bits per heavy atom. The van der Waals surface area contributed by atoms with Crippen LogP contribution in [0.4, 0.5) is 0 Å². The summed E-state index contributed by atoms with van der Waals surface area (Å²) < 4.78 is 0. The lowest BCUT2D eigenvalue weighted by Crippen LogP contribution is -2.07. The standard InChI is InChI=1S/C17H17NO/c1-12-16(6-3-9-18-12)17(19)11-13-7-8-14-4-2-5-15(14)10-13/h3,6-10H,2,4-5,11H2,1H3. The number of nitrogens with zero attached hydrogens (tertiary/aromatic N) is 1. The third-order valence-corrected chi connectivity index (χ3v) is 3.83. The van der Waals surface area contributed by atoms with Crippen LogP contribution in [-0.2, 0) is 19.3 Å². The molecule has 1 aromatic heterocycles. The maximum Gasteiger partial charge on any atom is 0.169 e. The molecule has 0 bridgehead atoms. The van der Waals surface area contributed by atoms with Crippen LogP contribution in [0.2, 0.25) is 0 Å². The summed E-state index contributed by atoms with van der Waals surface area (Å²) in [6.07, 6.45) is 5.78. The number of aryl methyl sites for hydroxylation is 3. The molecule has 1 heterocycles. The minimum Gasteiger partial charge on any atom is -0.294 e. The zero-order valence-corrected chi connectivity index (χ0v) is 11.1. The third-order valence-electron chi connectivity index (χ3n) is 3.83. The number of carbonyl (C=O) groups excluding carboxylic acids is 1. The molecule has 1 aliphatic carbocycles. The number of ketones is 1. The van der Waals surface area contributed by atoms with E-state index in [-0.39, 0.29) is 5.78 Å². The predicted molar refractivity (Wildman–Crippen MR) is 75.5 cm³/mol. The van der Waals surface area contributed by atoms with Gasteiger partial charge in [0, 0.05) is 23.9 Å². The van der Waals surface area contributed by atoms with Crippen molar-refractivity contribution in [1.82, 2.24) is 4.98 Å². The molecule has 2 aromatic rings. The van der Waals surface area contributed by atoms with E-state index in [1.54, 1.807) is 6.20 Å². The SMILES string of the molecule is Cc1ncccc1C(=O)Cc1ccc2c(c1)CCC2. The van der Waals surface area contributed by atoms with E-state index in [9.17, 15) is 4.79 Å². The minimum absolute atomic E-state index is 0.156. The van der Waals surface area contributed by atoms with Crippen molar-refractivity contribution in [3.8, 4) is 0 Å². The van der Waals surface area contributed by atoms with Crippen molar-refractivity contribution in [2.45, 2.75) is 32.6 Å². The molecule has 0 saturated heterocycles. The van der Waals surface area contributed by atoms with E-state index in [0.717, 1.165) is 23.2 Å². The van der Waals surface area contributed by atoms with E-state index in [1.165, 1.54) is 24.0 Å². The molecule has 0 atom stereocenters. The maximum absolute atomic E-state index is 12.3. The molecule has 19 heavy (non-hydrogen) atoms. The number of Topliss-reactive ketones (excluding diaryl/α,β-unsaturated/α-hetero) is 1. The van der Waals surface area contributed by atoms with E-state index in [4.69, 9.17) is 0 Å². The van der Waals surface area contributed by atoms with Crippen LogP contribution in [0.3, 0.4) is 0 Å². The van der Waals surface area contributed by atoms with Gasteiger partial charge < -0.3 is 0 Å². The topological polar surface area (TPSA) is 30.0 Å². The molecule has 0 amide bonds. The summed E-state index contributed by atoms with van der Waals surface area (Å²) in [6.45, 7) is 1.88. The van der Waals surface area contributed by atoms with Gasteiger partial charge in [-0.1, -0.05) is 18.2 Å². The van der Waals surface area contributed by atoms with Crippen molar-refractivity contribution in [2.75, 3.05) is 0 Å². The molecule has 2 heteroatoms. The minimum atomic E-state index is 0.156. The second-order valence-corrected chi connectivity index (χ2v) is 5.19. The molecule has 1 aromatic carbocycles. The van der Waals surface area contributed by atoms with Crippen LogP contribution in [0.1, 0.15) is 39.2 Å². The summed E-state index contributed by atoms with van der Waals surface area (Å²) in [6, 6.07) is 10.2. The number of hydrogen-bond donors (Lipinski definition) is 0. The first-order chi connectivity index (χ1) is 9.24. The van der Waals surface area contributed by atoms with Gasteiger partial charge in [-0.05, 0) is 55.0 Å². The Bertz CT molecular complexity index is 631. The number of fused-ring (bicyclic) bond motifs is 1. The van der Waals surface area contributed by atoms with Crippen LogP contribution in [0.25, 0.3) is 0 Å². The van der Waals surface area contributed by atoms with Crippen molar-refractivity contribution in [3.63, 3.8) is 0 Å². The summed E-state index contributed by atoms with van der Waals surface area (Å²) in [5.74, 6) is 0.156. The van der Waals surface area contributed by atoms with Gasteiger partial charge in [0.25, 0.3) is 0 Å². The number of pyridine rings is 1. The van der Waals surface area contributed by atoms with Gasteiger partial charge in [0.2, 0.25) is 0 Å². The van der Waals surface area contributed by atoms with Crippen molar-refractivity contribution in [3.05, 3.63) is 64.5 Å². The van der Waals surface area contributed by atoms with Crippen LogP contribution in [0, 0.1) is 6.92 Å². The van der Waals surface area contributed by atoms with Gasteiger partial charge >= 0.3 is 0 Å². The number of rotatable bonds is 3. The van der Waals surface area contributed by atoms with E-state index in [0.29, 0.717) is 6.42 Å². The first kappa shape index (κ1) is 12.1. The predicted octanol–water partition coefficient (Wildman–Crippen LogP) is 3.30. The zero-order valence-electron chi connectivity index (χ0n) is 11.1. The maximum atomic E-state index is 12.3. The molecular weight excluding hydrogens is 234 g/mol. The molecule has 0 aliphatic heterocycles. The van der Waals surface area contributed by atoms with Crippen molar-refractivity contribution in [1.29, 1.82) is 0 Å². The Hall–Kier alpha value is -1.96. The molecule has 1 aliphatic rings. The average molecular weight is 251 g/mol.